The number of nitro benzene ring substituents is 1. The first kappa shape index (κ1) is 17.3. The van der Waals surface area contributed by atoms with Gasteiger partial charge in [0.05, 0.1) is 16.7 Å². The Morgan fingerprint density at radius 3 is 2.58 bits per heavy atom. The molecule has 0 radical (unpaired) electrons. The van der Waals surface area contributed by atoms with Crippen molar-refractivity contribution < 1.29 is 14.1 Å². The molecule has 2 heterocycles. The van der Waals surface area contributed by atoms with Crippen molar-refractivity contribution in [1.29, 1.82) is 0 Å². The summed E-state index contributed by atoms with van der Waals surface area (Å²) in [6.45, 7) is 3.97. The highest BCUT2D eigenvalue weighted by molar-refractivity contribution is 6.06. The van der Waals surface area contributed by atoms with Gasteiger partial charge in [-0.15, -0.1) is 0 Å². The van der Waals surface area contributed by atoms with Crippen LogP contribution in [0.5, 0.6) is 0 Å². The fourth-order valence-electron chi connectivity index (χ4n) is 2.35. The van der Waals surface area contributed by atoms with E-state index in [-0.39, 0.29) is 17.5 Å². The lowest BCUT2D eigenvalue weighted by molar-refractivity contribution is -0.384. The molecule has 0 saturated heterocycles. The summed E-state index contributed by atoms with van der Waals surface area (Å²) < 4.78 is 7.39. The molecule has 0 bridgehead atoms. The maximum atomic E-state index is 12.2. The fourth-order valence-corrected chi connectivity index (χ4v) is 2.35. The van der Waals surface area contributed by atoms with E-state index in [9.17, 15) is 14.9 Å². The standard InChI is InChI=1S/C19H17N3O4/c1-13(2)21-12-15(11-20-21)18(23)9-7-17-8-10-19(26-17)14-3-5-16(6-4-14)22(24)25/h3-13H,1-2H3. The van der Waals surface area contributed by atoms with Crippen LogP contribution >= 0.6 is 0 Å². The largest absolute Gasteiger partial charge is 0.457 e. The minimum absolute atomic E-state index is 0.0213. The zero-order valence-corrected chi connectivity index (χ0v) is 14.3. The number of carbonyl (C=O) groups is 1. The van der Waals surface area contributed by atoms with Crippen molar-refractivity contribution in [3.63, 3.8) is 0 Å². The number of aromatic nitrogens is 2. The van der Waals surface area contributed by atoms with Crippen LogP contribution < -0.4 is 0 Å². The van der Waals surface area contributed by atoms with Crippen molar-refractivity contribution in [2.24, 2.45) is 0 Å². The minimum atomic E-state index is -0.451. The van der Waals surface area contributed by atoms with Crippen molar-refractivity contribution in [3.8, 4) is 11.3 Å². The molecule has 0 spiro atoms. The first-order chi connectivity index (χ1) is 12.4. The van der Waals surface area contributed by atoms with Gasteiger partial charge in [-0.25, -0.2) is 0 Å². The number of nitrogens with zero attached hydrogens (tertiary/aromatic N) is 3. The van der Waals surface area contributed by atoms with Gasteiger partial charge in [0.15, 0.2) is 5.78 Å². The second-order valence-corrected chi connectivity index (χ2v) is 6.01. The summed E-state index contributed by atoms with van der Waals surface area (Å²) in [4.78, 5) is 22.4. The van der Waals surface area contributed by atoms with Crippen LogP contribution in [0.25, 0.3) is 17.4 Å². The number of furan rings is 1. The topological polar surface area (TPSA) is 91.2 Å². The number of hydrogen-bond donors (Lipinski definition) is 0. The Morgan fingerprint density at radius 2 is 1.96 bits per heavy atom. The highest BCUT2D eigenvalue weighted by Gasteiger charge is 2.09. The van der Waals surface area contributed by atoms with E-state index in [1.807, 2.05) is 13.8 Å². The molecule has 1 aromatic carbocycles. The summed E-state index contributed by atoms with van der Waals surface area (Å²) in [5, 5.41) is 14.8. The number of allylic oxidation sites excluding steroid dienone is 1. The molecule has 0 atom stereocenters. The third kappa shape index (κ3) is 3.77. The van der Waals surface area contributed by atoms with E-state index in [0.29, 0.717) is 17.1 Å². The van der Waals surface area contributed by atoms with Crippen LogP contribution in [0.3, 0.4) is 0 Å². The Kier molecular flexibility index (Phi) is 4.79. The molecule has 7 nitrogen and oxygen atoms in total. The summed E-state index contributed by atoms with van der Waals surface area (Å²) in [6, 6.07) is 9.76. The molecule has 0 fully saturated rings. The molecule has 3 aromatic rings. The summed E-state index contributed by atoms with van der Waals surface area (Å²) in [5.74, 6) is 0.924. The molecule has 0 aliphatic heterocycles. The zero-order chi connectivity index (χ0) is 18.7. The van der Waals surface area contributed by atoms with E-state index >= 15 is 0 Å². The van der Waals surface area contributed by atoms with Gasteiger partial charge in [-0.1, -0.05) is 0 Å². The van der Waals surface area contributed by atoms with Gasteiger partial charge in [-0.2, -0.15) is 5.10 Å². The monoisotopic (exact) mass is 351 g/mol. The number of non-ortho nitro benzene ring substituents is 1. The van der Waals surface area contributed by atoms with Crippen LogP contribution in [0.1, 0.15) is 36.0 Å². The third-order valence-corrected chi connectivity index (χ3v) is 3.80. The molecular formula is C19H17N3O4. The predicted molar refractivity (Wildman–Crippen MR) is 96.8 cm³/mol. The van der Waals surface area contributed by atoms with Crippen LogP contribution in [0, 0.1) is 10.1 Å². The van der Waals surface area contributed by atoms with Gasteiger partial charge in [0.1, 0.15) is 11.5 Å². The van der Waals surface area contributed by atoms with E-state index in [0.717, 1.165) is 5.56 Å². The van der Waals surface area contributed by atoms with Crippen LogP contribution in [0.2, 0.25) is 0 Å². The van der Waals surface area contributed by atoms with Gasteiger partial charge in [0.25, 0.3) is 5.69 Å². The smallest absolute Gasteiger partial charge is 0.269 e. The predicted octanol–water partition coefficient (Wildman–Crippen LogP) is 4.53. The van der Waals surface area contributed by atoms with Gasteiger partial charge in [-0.05, 0) is 50.3 Å². The molecule has 0 unspecified atom stereocenters. The molecule has 7 heteroatoms. The maximum absolute atomic E-state index is 12.2. The fraction of sp³-hybridized carbons (Fsp3) is 0.158. The molecule has 26 heavy (non-hydrogen) atoms. The van der Waals surface area contributed by atoms with Gasteiger partial charge < -0.3 is 4.42 Å². The van der Waals surface area contributed by atoms with Crippen molar-refractivity contribution in [3.05, 3.63) is 76.3 Å². The Bertz CT molecular complexity index is 965. The molecule has 2 aromatic heterocycles. The average molecular weight is 351 g/mol. The lowest BCUT2D eigenvalue weighted by Gasteiger charge is -2.02. The second kappa shape index (κ2) is 7.18. The van der Waals surface area contributed by atoms with Gasteiger partial charge in [0, 0.05) is 29.9 Å². The lowest BCUT2D eigenvalue weighted by Crippen LogP contribution is -2.00. The number of hydrogen-bond acceptors (Lipinski definition) is 5. The summed E-state index contributed by atoms with van der Waals surface area (Å²) in [6.07, 6.45) is 6.27. The Labute approximate surface area is 149 Å². The number of rotatable bonds is 6. The van der Waals surface area contributed by atoms with Crippen LogP contribution in [0.15, 0.2) is 59.3 Å². The Balaban J connectivity index is 1.72. The SMILES string of the molecule is CC(C)n1cc(C(=O)C=Cc2ccc(-c3ccc([N+](=O)[O-])cc3)o2)cn1. The number of ketones is 1. The second-order valence-electron chi connectivity index (χ2n) is 6.01. The molecule has 0 N–H and O–H groups in total. The van der Waals surface area contributed by atoms with Crippen LogP contribution in [-0.4, -0.2) is 20.5 Å². The molecule has 0 aliphatic carbocycles. The van der Waals surface area contributed by atoms with Crippen molar-refractivity contribution >= 4 is 17.5 Å². The summed E-state index contributed by atoms with van der Waals surface area (Å²) in [5.41, 5.74) is 1.25. The highest BCUT2D eigenvalue weighted by Crippen LogP contribution is 2.25. The van der Waals surface area contributed by atoms with Gasteiger partial charge >= 0.3 is 0 Å². The van der Waals surface area contributed by atoms with Crippen molar-refractivity contribution in [1.82, 2.24) is 9.78 Å². The first-order valence-electron chi connectivity index (χ1n) is 8.05. The minimum Gasteiger partial charge on any atom is -0.457 e. The first-order valence-corrected chi connectivity index (χ1v) is 8.05. The third-order valence-electron chi connectivity index (χ3n) is 3.80. The molecule has 132 valence electrons. The van der Waals surface area contributed by atoms with Crippen LogP contribution in [-0.2, 0) is 0 Å². The van der Waals surface area contributed by atoms with Gasteiger partial charge in [0.2, 0.25) is 0 Å². The van der Waals surface area contributed by atoms with E-state index in [1.54, 1.807) is 41.2 Å². The Hall–Kier alpha value is -3.48. The molecule has 3 rings (SSSR count). The van der Waals surface area contributed by atoms with Crippen LogP contribution in [0.4, 0.5) is 5.69 Å². The van der Waals surface area contributed by atoms with E-state index in [4.69, 9.17) is 4.42 Å². The maximum Gasteiger partial charge on any atom is 0.269 e. The lowest BCUT2D eigenvalue weighted by atomic mass is 10.1. The quantitative estimate of drug-likeness (QED) is 0.282. The van der Waals surface area contributed by atoms with E-state index < -0.39 is 4.92 Å². The molecule has 0 aliphatic rings. The number of benzene rings is 1. The highest BCUT2D eigenvalue weighted by atomic mass is 16.6. The molecule has 0 amide bonds. The normalized spacial score (nSPS) is 11.3. The number of carbonyl (C=O) groups excluding carboxylic acids is 1. The summed E-state index contributed by atoms with van der Waals surface area (Å²) >= 11 is 0. The zero-order valence-electron chi connectivity index (χ0n) is 14.3. The van der Waals surface area contributed by atoms with Crippen molar-refractivity contribution in [2.45, 2.75) is 19.9 Å². The molecule has 0 saturated carbocycles. The average Bonchev–Trinajstić information content (AvgIpc) is 3.29. The Morgan fingerprint density at radius 1 is 1.23 bits per heavy atom. The summed E-state index contributed by atoms with van der Waals surface area (Å²) in [7, 11) is 0. The van der Waals surface area contributed by atoms with E-state index in [2.05, 4.69) is 5.10 Å². The number of nitro groups is 1. The van der Waals surface area contributed by atoms with Gasteiger partial charge in [-0.3, -0.25) is 19.6 Å². The van der Waals surface area contributed by atoms with Crippen molar-refractivity contribution in [2.75, 3.05) is 0 Å². The van der Waals surface area contributed by atoms with E-state index in [1.165, 1.54) is 24.4 Å². The molecular weight excluding hydrogens is 334 g/mol.